The van der Waals surface area contributed by atoms with Crippen LogP contribution in [0.15, 0.2) is 24.5 Å². The summed E-state index contributed by atoms with van der Waals surface area (Å²) in [6, 6.07) is 3.93. The maximum Gasteiger partial charge on any atom is 0.211 e. The third kappa shape index (κ3) is 2.06. The first-order valence-electron chi connectivity index (χ1n) is 7.07. The van der Waals surface area contributed by atoms with Gasteiger partial charge in [-0.2, -0.15) is 0 Å². The van der Waals surface area contributed by atoms with Gasteiger partial charge >= 0.3 is 0 Å². The van der Waals surface area contributed by atoms with Crippen molar-refractivity contribution in [2.24, 2.45) is 0 Å². The number of sulfonamides is 1. The Hall–Kier alpha value is -2.06. The molecule has 0 aromatic carbocycles. The Morgan fingerprint density at radius 3 is 2.95 bits per heavy atom. The molecule has 8 heteroatoms. The van der Waals surface area contributed by atoms with Crippen LogP contribution in [0, 0.1) is 0 Å². The summed E-state index contributed by atoms with van der Waals surface area (Å²) in [4.78, 5) is 7.30. The number of hydrogen-bond acceptors (Lipinski definition) is 5. The molecule has 7 nitrogen and oxygen atoms in total. The highest BCUT2D eigenvalue weighted by Crippen LogP contribution is 2.34. The molecule has 0 aliphatic carbocycles. The molecule has 1 unspecified atom stereocenters. The Kier molecular flexibility index (Phi) is 2.92. The van der Waals surface area contributed by atoms with Gasteiger partial charge in [-0.3, -0.25) is 0 Å². The molecule has 0 radical (unpaired) electrons. The van der Waals surface area contributed by atoms with Gasteiger partial charge in [0.15, 0.2) is 11.3 Å². The molecule has 0 amide bonds. The van der Waals surface area contributed by atoms with Crippen LogP contribution in [0.5, 0.6) is 0 Å². The predicted molar refractivity (Wildman–Crippen MR) is 83.0 cm³/mol. The minimum Gasteiger partial charge on any atom is -0.345 e. The molecule has 0 spiro atoms. The lowest BCUT2D eigenvalue weighted by molar-refractivity contribution is 0.478. The molecule has 4 heterocycles. The Balaban J connectivity index is 1.87. The van der Waals surface area contributed by atoms with E-state index in [1.807, 2.05) is 18.3 Å². The fourth-order valence-corrected chi connectivity index (χ4v) is 4.07. The van der Waals surface area contributed by atoms with E-state index in [0.717, 1.165) is 22.8 Å². The van der Waals surface area contributed by atoms with Crippen LogP contribution in [0.3, 0.4) is 0 Å². The fraction of sp³-hybridized carbons (Fsp3) is 0.357. The summed E-state index contributed by atoms with van der Waals surface area (Å²) in [5.41, 5.74) is 2.43. The second kappa shape index (κ2) is 4.72. The number of pyridine rings is 1. The number of rotatable bonds is 2. The highest BCUT2D eigenvalue weighted by atomic mass is 32.2. The number of nitrogens with one attached hydrogen (secondary N) is 1. The Morgan fingerprint density at radius 1 is 1.32 bits per heavy atom. The van der Waals surface area contributed by atoms with E-state index in [1.165, 1.54) is 10.6 Å². The van der Waals surface area contributed by atoms with Crippen LogP contribution in [-0.4, -0.2) is 52.2 Å². The standard InChI is InChI=1S/C14H15N5O2S/c1-22(20,21)19-7-4-9(8-19)10-2-5-16-14-12(10)11-3-6-15-13(11)17-18-14/h2-3,5-6,9H,4,7-8H2,1H3,(H,16,18). The number of aromatic amines is 1. The van der Waals surface area contributed by atoms with Gasteiger partial charge in [-0.05, 0) is 30.0 Å². The van der Waals surface area contributed by atoms with E-state index >= 15 is 0 Å². The molecule has 1 N–H and O–H groups in total. The Bertz CT molecular complexity index is 966. The van der Waals surface area contributed by atoms with Gasteiger partial charge in [-0.15, -0.1) is 10.2 Å². The quantitative estimate of drug-likeness (QED) is 0.768. The third-order valence-electron chi connectivity index (χ3n) is 4.26. The lowest BCUT2D eigenvalue weighted by Gasteiger charge is -2.15. The molecule has 3 aromatic heterocycles. The van der Waals surface area contributed by atoms with Gasteiger partial charge in [-0.1, -0.05) is 0 Å². The minimum atomic E-state index is -3.14. The van der Waals surface area contributed by atoms with Crippen molar-refractivity contribution < 1.29 is 8.42 Å². The van der Waals surface area contributed by atoms with Gasteiger partial charge in [0.1, 0.15) is 0 Å². The first-order chi connectivity index (χ1) is 10.5. The number of hydrogen-bond donors (Lipinski definition) is 1. The van der Waals surface area contributed by atoms with Crippen molar-refractivity contribution in [2.45, 2.75) is 12.3 Å². The van der Waals surface area contributed by atoms with Gasteiger partial charge in [0.25, 0.3) is 0 Å². The molecule has 1 aliphatic rings. The van der Waals surface area contributed by atoms with Gasteiger partial charge in [0, 0.05) is 36.3 Å². The van der Waals surface area contributed by atoms with Crippen LogP contribution < -0.4 is 0 Å². The summed E-state index contributed by atoms with van der Waals surface area (Å²) < 4.78 is 25.0. The van der Waals surface area contributed by atoms with Crippen LogP contribution >= 0.6 is 0 Å². The van der Waals surface area contributed by atoms with Crippen LogP contribution in [0.25, 0.3) is 22.1 Å². The van der Waals surface area contributed by atoms with Gasteiger partial charge in [0.2, 0.25) is 10.0 Å². The topological polar surface area (TPSA) is 91.8 Å². The molecule has 1 aliphatic heterocycles. The van der Waals surface area contributed by atoms with Crippen LogP contribution in [0.2, 0.25) is 0 Å². The van der Waals surface area contributed by atoms with Gasteiger partial charge < -0.3 is 4.98 Å². The molecule has 1 fully saturated rings. The molecule has 0 bridgehead atoms. The summed E-state index contributed by atoms with van der Waals surface area (Å²) in [5, 5.41) is 10.2. The SMILES string of the molecule is CS(=O)(=O)N1CCC(c2cc[nH]c3nnc4nccc4c23)C1. The smallest absolute Gasteiger partial charge is 0.211 e. The van der Waals surface area contributed by atoms with E-state index in [4.69, 9.17) is 0 Å². The molecule has 3 aromatic rings. The molecule has 0 saturated carbocycles. The molecular weight excluding hydrogens is 302 g/mol. The van der Waals surface area contributed by atoms with Crippen molar-refractivity contribution in [3.8, 4) is 0 Å². The number of fused-ring (bicyclic) bond motifs is 3. The van der Waals surface area contributed by atoms with Crippen molar-refractivity contribution in [2.75, 3.05) is 19.3 Å². The number of H-pyrrole nitrogens is 1. The molecule has 4 rings (SSSR count). The molecule has 114 valence electrons. The first-order valence-corrected chi connectivity index (χ1v) is 8.92. The number of aromatic nitrogens is 4. The van der Waals surface area contributed by atoms with E-state index in [2.05, 4.69) is 20.2 Å². The third-order valence-corrected chi connectivity index (χ3v) is 5.53. The van der Waals surface area contributed by atoms with Crippen molar-refractivity contribution >= 4 is 32.1 Å². The maximum atomic E-state index is 11.7. The maximum absolute atomic E-state index is 11.7. The van der Waals surface area contributed by atoms with E-state index in [9.17, 15) is 8.42 Å². The van der Waals surface area contributed by atoms with Gasteiger partial charge in [0.05, 0.1) is 6.26 Å². The normalized spacial score (nSPS) is 20.1. The van der Waals surface area contributed by atoms with E-state index in [0.29, 0.717) is 24.4 Å². The highest BCUT2D eigenvalue weighted by Gasteiger charge is 2.30. The summed E-state index contributed by atoms with van der Waals surface area (Å²) in [6.07, 6.45) is 5.62. The van der Waals surface area contributed by atoms with Crippen molar-refractivity contribution in [3.05, 3.63) is 30.1 Å². The minimum absolute atomic E-state index is 0.161. The summed E-state index contributed by atoms with van der Waals surface area (Å²) >= 11 is 0. The van der Waals surface area contributed by atoms with Gasteiger partial charge in [-0.25, -0.2) is 17.7 Å². The average Bonchev–Trinajstić information content (AvgIpc) is 3.15. The predicted octanol–water partition coefficient (Wildman–Crippen LogP) is 1.25. The number of nitrogens with zero attached hydrogens (tertiary/aromatic N) is 4. The lowest BCUT2D eigenvalue weighted by Crippen LogP contribution is -2.27. The Morgan fingerprint density at radius 2 is 2.18 bits per heavy atom. The zero-order chi connectivity index (χ0) is 15.3. The zero-order valence-electron chi connectivity index (χ0n) is 12.0. The van der Waals surface area contributed by atoms with Crippen molar-refractivity contribution in [1.82, 2.24) is 24.5 Å². The lowest BCUT2D eigenvalue weighted by atomic mass is 9.95. The first kappa shape index (κ1) is 13.6. The van der Waals surface area contributed by atoms with Crippen LogP contribution in [0.4, 0.5) is 0 Å². The molecular formula is C14H15N5O2S. The monoisotopic (exact) mass is 317 g/mol. The fourth-order valence-electron chi connectivity index (χ4n) is 3.19. The summed E-state index contributed by atoms with van der Waals surface area (Å²) in [6.45, 7) is 1.07. The highest BCUT2D eigenvalue weighted by molar-refractivity contribution is 7.88. The van der Waals surface area contributed by atoms with Crippen LogP contribution in [-0.2, 0) is 10.0 Å². The van der Waals surface area contributed by atoms with Crippen molar-refractivity contribution in [1.29, 1.82) is 0 Å². The summed E-state index contributed by atoms with van der Waals surface area (Å²) in [7, 11) is -3.14. The van der Waals surface area contributed by atoms with Crippen molar-refractivity contribution in [3.63, 3.8) is 0 Å². The molecule has 1 saturated heterocycles. The second-order valence-corrected chi connectivity index (χ2v) is 7.63. The second-order valence-electron chi connectivity index (χ2n) is 5.65. The van der Waals surface area contributed by atoms with Crippen LogP contribution in [0.1, 0.15) is 17.9 Å². The van der Waals surface area contributed by atoms with E-state index < -0.39 is 10.0 Å². The van der Waals surface area contributed by atoms with E-state index in [1.54, 1.807) is 6.20 Å². The zero-order valence-corrected chi connectivity index (χ0v) is 12.8. The average molecular weight is 317 g/mol. The summed E-state index contributed by atoms with van der Waals surface area (Å²) in [5.74, 6) is 0.161. The molecule has 22 heavy (non-hydrogen) atoms. The largest absolute Gasteiger partial charge is 0.345 e. The van der Waals surface area contributed by atoms with E-state index in [-0.39, 0.29) is 5.92 Å². The Labute approximate surface area is 127 Å². The molecule has 1 atom stereocenters.